The standard InChI is InChI=1S/C16H24N2O/c1-11-6-4-7-14(13(11)3)15-8-5-9-18(15)16(19)12(2)10-17/h4,6-7,12,15H,5,8-10,17H2,1-3H3. The molecule has 2 atom stereocenters. The van der Waals surface area contributed by atoms with Gasteiger partial charge in [0.2, 0.25) is 5.91 Å². The van der Waals surface area contributed by atoms with Gasteiger partial charge in [-0.15, -0.1) is 0 Å². The van der Waals surface area contributed by atoms with Gasteiger partial charge in [-0.05, 0) is 43.4 Å². The Balaban J connectivity index is 2.28. The van der Waals surface area contributed by atoms with Crippen molar-refractivity contribution in [2.24, 2.45) is 11.7 Å². The third-order valence-electron chi connectivity index (χ3n) is 4.32. The maximum absolute atomic E-state index is 12.4. The zero-order chi connectivity index (χ0) is 14.0. The summed E-state index contributed by atoms with van der Waals surface area (Å²) in [5, 5.41) is 0. The zero-order valence-electron chi connectivity index (χ0n) is 12.1. The fourth-order valence-corrected chi connectivity index (χ4v) is 2.87. The SMILES string of the molecule is Cc1cccc(C2CCCN2C(=O)C(C)CN)c1C. The molecule has 1 saturated heterocycles. The Labute approximate surface area is 115 Å². The molecular formula is C16H24N2O. The molecule has 1 fully saturated rings. The molecule has 3 heteroatoms. The minimum Gasteiger partial charge on any atom is -0.335 e. The van der Waals surface area contributed by atoms with Crippen molar-refractivity contribution in [3.63, 3.8) is 0 Å². The molecule has 3 nitrogen and oxygen atoms in total. The van der Waals surface area contributed by atoms with Gasteiger partial charge in [0.25, 0.3) is 0 Å². The minimum atomic E-state index is -0.0780. The number of carbonyl (C=O) groups is 1. The molecule has 1 aliphatic rings. The van der Waals surface area contributed by atoms with E-state index in [0.717, 1.165) is 19.4 Å². The second-order valence-corrected chi connectivity index (χ2v) is 5.62. The first kappa shape index (κ1) is 14.1. The van der Waals surface area contributed by atoms with E-state index in [1.165, 1.54) is 16.7 Å². The van der Waals surface area contributed by atoms with Crippen LogP contribution in [0.5, 0.6) is 0 Å². The number of nitrogens with zero attached hydrogens (tertiary/aromatic N) is 1. The third kappa shape index (κ3) is 2.66. The van der Waals surface area contributed by atoms with E-state index in [-0.39, 0.29) is 17.9 Å². The molecule has 0 bridgehead atoms. The molecule has 104 valence electrons. The van der Waals surface area contributed by atoms with Crippen LogP contribution >= 0.6 is 0 Å². The van der Waals surface area contributed by atoms with Crippen molar-refractivity contribution in [3.05, 3.63) is 34.9 Å². The maximum Gasteiger partial charge on any atom is 0.227 e. The normalized spacial score (nSPS) is 20.6. The monoisotopic (exact) mass is 260 g/mol. The summed E-state index contributed by atoms with van der Waals surface area (Å²) in [6.45, 7) is 7.48. The van der Waals surface area contributed by atoms with E-state index in [2.05, 4.69) is 32.0 Å². The Morgan fingerprint density at radius 1 is 1.47 bits per heavy atom. The van der Waals surface area contributed by atoms with E-state index in [4.69, 9.17) is 5.73 Å². The fourth-order valence-electron chi connectivity index (χ4n) is 2.87. The van der Waals surface area contributed by atoms with Gasteiger partial charge in [-0.3, -0.25) is 4.79 Å². The van der Waals surface area contributed by atoms with Gasteiger partial charge in [0, 0.05) is 19.0 Å². The molecule has 2 unspecified atom stereocenters. The van der Waals surface area contributed by atoms with Gasteiger partial charge in [0.15, 0.2) is 0 Å². The van der Waals surface area contributed by atoms with Crippen LogP contribution in [0.2, 0.25) is 0 Å². The second-order valence-electron chi connectivity index (χ2n) is 5.62. The molecule has 2 N–H and O–H groups in total. The average molecular weight is 260 g/mol. The lowest BCUT2D eigenvalue weighted by atomic mass is 9.95. The summed E-state index contributed by atoms with van der Waals surface area (Å²) in [4.78, 5) is 14.4. The molecule has 1 aromatic rings. The predicted octanol–water partition coefficient (Wildman–Crippen LogP) is 2.56. The van der Waals surface area contributed by atoms with Crippen LogP contribution in [0.3, 0.4) is 0 Å². The highest BCUT2D eigenvalue weighted by molar-refractivity contribution is 5.79. The van der Waals surface area contributed by atoms with Gasteiger partial charge in [-0.2, -0.15) is 0 Å². The van der Waals surface area contributed by atoms with E-state index >= 15 is 0 Å². The van der Waals surface area contributed by atoms with E-state index in [9.17, 15) is 4.79 Å². The summed E-state index contributed by atoms with van der Waals surface area (Å²) in [6.07, 6.45) is 2.15. The topological polar surface area (TPSA) is 46.3 Å². The van der Waals surface area contributed by atoms with Crippen LogP contribution in [0, 0.1) is 19.8 Å². The molecule has 0 saturated carbocycles. The van der Waals surface area contributed by atoms with Crippen LogP contribution < -0.4 is 5.73 Å². The van der Waals surface area contributed by atoms with Crippen LogP contribution in [-0.2, 0) is 4.79 Å². The van der Waals surface area contributed by atoms with Gasteiger partial charge < -0.3 is 10.6 Å². The highest BCUT2D eigenvalue weighted by atomic mass is 16.2. The Morgan fingerprint density at radius 2 is 2.21 bits per heavy atom. The Morgan fingerprint density at radius 3 is 2.89 bits per heavy atom. The van der Waals surface area contributed by atoms with Crippen molar-refractivity contribution in [2.45, 2.75) is 39.7 Å². The summed E-state index contributed by atoms with van der Waals surface area (Å²) in [5.74, 6) is 0.122. The van der Waals surface area contributed by atoms with Crippen molar-refractivity contribution >= 4 is 5.91 Å². The van der Waals surface area contributed by atoms with Crippen LogP contribution in [0.25, 0.3) is 0 Å². The molecule has 0 radical (unpaired) electrons. The number of aryl methyl sites for hydroxylation is 1. The lowest BCUT2D eigenvalue weighted by Crippen LogP contribution is -2.37. The number of likely N-dealkylation sites (tertiary alicyclic amines) is 1. The van der Waals surface area contributed by atoms with E-state index < -0.39 is 0 Å². The third-order valence-corrected chi connectivity index (χ3v) is 4.32. The highest BCUT2D eigenvalue weighted by Crippen LogP contribution is 2.35. The molecule has 1 heterocycles. The second kappa shape index (κ2) is 5.74. The molecule has 1 amide bonds. The largest absolute Gasteiger partial charge is 0.335 e. The van der Waals surface area contributed by atoms with Crippen LogP contribution in [0.15, 0.2) is 18.2 Å². The van der Waals surface area contributed by atoms with E-state index in [1.807, 2.05) is 11.8 Å². The van der Waals surface area contributed by atoms with Gasteiger partial charge in [-0.1, -0.05) is 25.1 Å². The lowest BCUT2D eigenvalue weighted by molar-refractivity contribution is -0.135. The zero-order valence-corrected chi connectivity index (χ0v) is 12.1. The Kier molecular flexibility index (Phi) is 4.25. The number of hydrogen-bond donors (Lipinski definition) is 1. The molecule has 0 spiro atoms. The first-order chi connectivity index (χ1) is 9.06. The average Bonchev–Trinajstić information content (AvgIpc) is 2.89. The van der Waals surface area contributed by atoms with E-state index in [1.54, 1.807) is 0 Å². The molecule has 19 heavy (non-hydrogen) atoms. The van der Waals surface area contributed by atoms with Gasteiger partial charge in [0.1, 0.15) is 0 Å². The van der Waals surface area contributed by atoms with Crippen molar-refractivity contribution in [1.82, 2.24) is 4.90 Å². The van der Waals surface area contributed by atoms with Crippen molar-refractivity contribution in [1.29, 1.82) is 0 Å². The first-order valence-electron chi connectivity index (χ1n) is 7.13. The number of benzene rings is 1. The Hall–Kier alpha value is -1.35. The number of amides is 1. The quantitative estimate of drug-likeness (QED) is 0.908. The van der Waals surface area contributed by atoms with Gasteiger partial charge >= 0.3 is 0 Å². The van der Waals surface area contributed by atoms with Crippen LogP contribution in [-0.4, -0.2) is 23.9 Å². The van der Waals surface area contributed by atoms with E-state index in [0.29, 0.717) is 6.54 Å². The molecule has 1 aliphatic heterocycles. The van der Waals surface area contributed by atoms with Crippen LogP contribution in [0.1, 0.15) is 42.5 Å². The number of rotatable bonds is 3. The summed E-state index contributed by atoms with van der Waals surface area (Å²) >= 11 is 0. The number of hydrogen-bond acceptors (Lipinski definition) is 2. The van der Waals surface area contributed by atoms with Crippen LogP contribution in [0.4, 0.5) is 0 Å². The number of carbonyl (C=O) groups excluding carboxylic acids is 1. The fraction of sp³-hybridized carbons (Fsp3) is 0.562. The summed E-state index contributed by atoms with van der Waals surface area (Å²) in [6, 6.07) is 6.61. The smallest absolute Gasteiger partial charge is 0.227 e. The summed E-state index contributed by atoms with van der Waals surface area (Å²) < 4.78 is 0. The molecule has 1 aromatic carbocycles. The molecule has 0 aliphatic carbocycles. The predicted molar refractivity (Wildman–Crippen MR) is 77.8 cm³/mol. The van der Waals surface area contributed by atoms with Crippen molar-refractivity contribution in [3.8, 4) is 0 Å². The molecular weight excluding hydrogens is 236 g/mol. The summed E-state index contributed by atoms with van der Waals surface area (Å²) in [7, 11) is 0. The molecule has 0 aromatic heterocycles. The van der Waals surface area contributed by atoms with Crippen molar-refractivity contribution < 1.29 is 4.79 Å². The highest BCUT2D eigenvalue weighted by Gasteiger charge is 2.32. The number of nitrogens with two attached hydrogens (primary N) is 1. The maximum atomic E-state index is 12.4. The van der Waals surface area contributed by atoms with Gasteiger partial charge in [0.05, 0.1) is 6.04 Å². The molecule has 2 rings (SSSR count). The van der Waals surface area contributed by atoms with Crippen molar-refractivity contribution in [2.75, 3.05) is 13.1 Å². The lowest BCUT2D eigenvalue weighted by Gasteiger charge is -2.29. The van der Waals surface area contributed by atoms with Gasteiger partial charge in [-0.25, -0.2) is 0 Å². The Bertz CT molecular complexity index is 470. The first-order valence-corrected chi connectivity index (χ1v) is 7.13. The minimum absolute atomic E-state index is 0.0780. The summed E-state index contributed by atoms with van der Waals surface area (Å²) in [5.41, 5.74) is 9.54.